The van der Waals surface area contributed by atoms with Crippen LogP contribution in [-0.4, -0.2) is 17.0 Å². The molecule has 0 aliphatic heterocycles. The Morgan fingerprint density at radius 3 is 2.75 bits per heavy atom. The predicted octanol–water partition coefficient (Wildman–Crippen LogP) is 2.88. The van der Waals surface area contributed by atoms with Crippen molar-refractivity contribution in [1.82, 2.24) is 0 Å². The first-order chi connectivity index (χ1) is 7.49. The summed E-state index contributed by atoms with van der Waals surface area (Å²) in [4.78, 5) is 12.2. The molecule has 2 nitrogen and oxygen atoms in total. The second-order valence-corrected chi connectivity index (χ2v) is 4.98. The van der Waals surface area contributed by atoms with Crippen LogP contribution in [0.1, 0.15) is 40.0 Å². The minimum atomic E-state index is -0.574. The third kappa shape index (κ3) is 2.62. The Morgan fingerprint density at radius 2 is 2.25 bits per heavy atom. The van der Waals surface area contributed by atoms with Crippen LogP contribution in [0.4, 0.5) is 0 Å². The first-order valence-electron chi connectivity index (χ1n) is 5.98. The second kappa shape index (κ2) is 5.44. The van der Waals surface area contributed by atoms with Crippen molar-refractivity contribution >= 4 is 5.78 Å². The maximum Gasteiger partial charge on any atom is 0.164 e. The molecule has 0 heterocycles. The number of rotatable bonds is 3. The molecule has 0 radical (unpaired) electrons. The van der Waals surface area contributed by atoms with Gasteiger partial charge in [0.1, 0.15) is 0 Å². The molecule has 1 saturated carbocycles. The summed E-state index contributed by atoms with van der Waals surface area (Å²) in [6, 6.07) is 0. The van der Waals surface area contributed by atoms with E-state index in [0.717, 1.165) is 24.0 Å². The van der Waals surface area contributed by atoms with Gasteiger partial charge in [-0.2, -0.15) is 0 Å². The zero-order valence-corrected chi connectivity index (χ0v) is 10.5. The topological polar surface area (TPSA) is 37.3 Å². The van der Waals surface area contributed by atoms with Gasteiger partial charge in [0.15, 0.2) is 5.78 Å². The summed E-state index contributed by atoms with van der Waals surface area (Å²) < 4.78 is 0. The van der Waals surface area contributed by atoms with E-state index in [1.54, 1.807) is 6.08 Å². The van der Waals surface area contributed by atoms with Crippen LogP contribution >= 0.6 is 0 Å². The number of carbonyl (C=O) groups is 1. The molecule has 0 aromatic heterocycles. The lowest BCUT2D eigenvalue weighted by Crippen LogP contribution is -2.37. The van der Waals surface area contributed by atoms with Crippen molar-refractivity contribution in [3.63, 3.8) is 0 Å². The van der Waals surface area contributed by atoms with E-state index in [-0.39, 0.29) is 17.6 Å². The molecule has 0 amide bonds. The molecule has 3 unspecified atom stereocenters. The smallest absolute Gasteiger partial charge is 0.164 e. The lowest BCUT2D eigenvalue weighted by atomic mass is 9.72. The van der Waals surface area contributed by atoms with Gasteiger partial charge in [0, 0.05) is 0 Å². The fourth-order valence-electron chi connectivity index (χ4n) is 2.50. The summed E-state index contributed by atoms with van der Waals surface area (Å²) in [7, 11) is 0. The molecule has 0 aromatic rings. The van der Waals surface area contributed by atoms with Gasteiger partial charge in [0.2, 0.25) is 0 Å². The molecule has 1 N–H and O–H groups in total. The third-order valence-corrected chi connectivity index (χ3v) is 3.49. The zero-order valence-electron chi connectivity index (χ0n) is 10.5. The molecule has 1 aliphatic carbocycles. The number of hydrogen-bond donors (Lipinski definition) is 1. The first kappa shape index (κ1) is 13.2. The summed E-state index contributed by atoms with van der Waals surface area (Å²) in [6.07, 6.45) is 3.46. The number of hydrogen-bond acceptors (Lipinski definition) is 2. The van der Waals surface area contributed by atoms with Crippen LogP contribution in [0.2, 0.25) is 0 Å². The standard InChI is InChI=1S/C14H22O2/c1-5-6-12(15)13-10(4)7-8-11(9(2)3)14(13)16/h5,10,12-13,15H,1,6-8H2,2-4H3. The predicted molar refractivity (Wildman–Crippen MR) is 66.1 cm³/mol. The maximum atomic E-state index is 12.2. The zero-order chi connectivity index (χ0) is 12.3. The van der Waals surface area contributed by atoms with Gasteiger partial charge in [0.25, 0.3) is 0 Å². The third-order valence-electron chi connectivity index (χ3n) is 3.49. The van der Waals surface area contributed by atoms with E-state index in [2.05, 4.69) is 13.5 Å². The van der Waals surface area contributed by atoms with E-state index in [0.29, 0.717) is 6.42 Å². The molecule has 1 fully saturated rings. The average Bonchev–Trinajstić information content (AvgIpc) is 2.17. The quantitative estimate of drug-likeness (QED) is 0.589. The fourth-order valence-corrected chi connectivity index (χ4v) is 2.50. The van der Waals surface area contributed by atoms with E-state index in [1.807, 2.05) is 13.8 Å². The van der Waals surface area contributed by atoms with Gasteiger partial charge in [-0.3, -0.25) is 4.79 Å². The SMILES string of the molecule is C=CCC(O)C1C(=O)C(=C(C)C)CCC1C. The Hall–Kier alpha value is -0.890. The monoisotopic (exact) mass is 222 g/mol. The summed E-state index contributed by atoms with van der Waals surface area (Å²) in [5, 5.41) is 10.00. The summed E-state index contributed by atoms with van der Waals surface area (Å²) >= 11 is 0. The van der Waals surface area contributed by atoms with Gasteiger partial charge < -0.3 is 5.11 Å². The van der Waals surface area contributed by atoms with Crippen LogP contribution in [-0.2, 0) is 4.79 Å². The molecule has 1 aliphatic rings. The van der Waals surface area contributed by atoms with E-state index in [4.69, 9.17) is 0 Å². The van der Waals surface area contributed by atoms with Crippen LogP contribution in [0.15, 0.2) is 23.8 Å². The number of Topliss-reactive ketones (excluding diaryl/α,β-unsaturated/α-hetero) is 1. The Kier molecular flexibility index (Phi) is 4.48. The highest BCUT2D eigenvalue weighted by atomic mass is 16.3. The van der Waals surface area contributed by atoms with Gasteiger partial charge >= 0.3 is 0 Å². The van der Waals surface area contributed by atoms with Gasteiger partial charge in [-0.05, 0) is 44.6 Å². The van der Waals surface area contributed by atoms with Crippen LogP contribution in [0.3, 0.4) is 0 Å². The van der Waals surface area contributed by atoms with E-state index in [9.17, 15) is 9.90 Å². The van der Waals surface area contributed by atoms with Crippen molar-refractivity contribution in [3.05, 3.63) is 23.8 Å². The van der Waals surface area contributed by atoms with Gasteiger partial charge in [-0.25, -0.2) is 0 Å². The average molecular weight is 222 g/mol. The van der Waals surface area contributed by atoms with Gasteiger partial charge in [-0.1, -0.05) is 18.6 Å². The lowest BCUT2D eigenvalue weighted by molar-refractivity contribution is -0.126. The lowest BCUT2D eigenvalue weighted by Gasteiger charge is -2.33. The minimum Gasteiger partial charge on any atom is -0.392 e. The molecular weight excluding hydrogens is 200 g/mol. The van der Waals surface area contributed by atoms with Crippen molar-refractivity contribution in [2.24, 2.45) is 11.8 Å². The van der Waals surface area contributed by atoms with Crippen molar-refractivity contribution < 1.29 is 9.90 Å². The number of aliphatic hydroxyl groups is 1. The number of allylic oxidation sites excluding steroid dienone is 2. The second-order valence-electron chi connectivity index (χ2n) is 4.98. The van der Waals surface area contributed by atoms with Crippen LogP contribution in [0.5, 0.6) is 0 Å². The highest BCUT2D eigenvalue weighted by molar-refractivity contribution is 5.99. The highest BCUT2D eigenvalue weighted by Gasteiger charge is 2.36. The number of ketones is 1. The summed E-state index contributed by atoms with van der Waals surface area (Å²) in [5.41, 5.74) is 2.01. The van der Waals surface area contributed by atoms with Gasteiger partial charge in [-0.15, -0.1) is 6.58 Å². The maximum absolute atomic E-state index is 12.2. The molecule has 0 spiro atoms. The Balaban J connectivity index is 2.92. The molecule has 0 aromatic carbocycles. The van der Waals surface area contributed by atoms with E-state index in [1.165, 1.54) is 0 Å². The van der Waals surface area contributed by atoms with Crippen LogP contribution in [0.25, 0.3) is 0 Å². The van der Waals surface area contributed by atoms with E-state index >= 15 is 0 Å². The molecule has 3 atom stereocenters. The normalized spacial score (nSPS) is 27.8. The van der Waals surface area contributed by atoms with Crippen molar-refractivity contribution in [3.8, 4) is 0 Å². The molecule has 2 heteroatoms. The minimum absolute atomic E-state index is 0.146. The number of aliphatic hydroxyl groups excluding tert-OH is 1. The molecular formula is C14H22O2. The van der Waals surface area contributed by atoms with E-state index < -0.39 is 6.10 Å². The van der Waals surface area contributed by atoms with Crippen molar-refractivity contribution in [2.75, 3.05) is 0 Å². The molecule has 1 rings (SSSR count). The van der Waals surface area contributed by atoms with Gasteiger partial charge in [0.05, 0.1) is 12.0 Å². The Morgan fingerprint density at radius 1 is 1.62 bits per heavy atom. The first-order valence-corrected chi connectivity index (χ1v) is 5.98. The van der Waals surface area contributed by atoms with Crippen LogP contribution < -0.4 is 0 Å². The van der Waals surface area contributed by atoms with Crippen molar-refractivity contribution in [2.45, 2.75) is 46.1 Å². The summed E-state index contributed by atoms with van der Waals surface area (Å²) in [5.74, 6) is 0.176. The Labute approximate surface area is 98.1 Å². The van der Waals surface area contributed by atoms with Crippen LogP contribution in [0, 0.1) is 11.8 Å². The largest absolute Gasteiger partial charge is 0.392 e. The van der Waals surface area contributed by atoms with Crippen molar-refractivity contribution in [1.29, 1.82) is 0 Å². The molecule has 16 heavy (non-hydrogen) atoms. The summed E-state index contributed by atoms with van der Waals surface area (Å²) in [6.45, 7) is 9.61. The fraction of sp³-hybridized carbons (Fsp3) is 0.643. The highest BCUT2D eigenvalue weighted by Crippen LogP contribution is 2.34. The number of carbonyl (C=O) groups excluding carboxylic acids is 1. The Bertz CT molecular complexity index is 311. The molecule has 0 saturated heterocycles. The molecule has 0 bridgehead atoms. The molecule has 90 valence electrons.